The third-order valence-corrected chi connectivity index (χ3v) is 3.01. The molecule has 7 heteroatoms. The number of rotatable bonds is 2. The molecule has 1 amide bonds. The van der Waals surface area contributed by atoms with Crippen LogP contribution in [0.2, 0.25) is 0 Å². The van der Waals surface area contributed by atoms with E-state index in [0.717, 1.165) is 11.3 Å². The predicted molar refractivity (Wildman–Crippen MR) is 59.8 cm³/mol. The number of nitrogens with zero attached hydrogens (tertiary/aromatic N) is 2. The van der Waals surface area contributed by atoms with Gasteiger partial charge in [0.05, 0.1) is 19.3 Å². The number of hydrogen-bond donors (Lipinski definition) is 1. The highest BCUT2D eigenvalue weighted by Crippen LogP contribution is 2.20. The topological polar surface area (TPSA) is 75.3 Å². The van der Waals surface area contributed by atoms with Gasteiger partial charge in [0.25, 0.3) is 0 Å². The van der Waals surface area contributed by atoms with E-state index in [9.17, 15) is 9.59 Å². The number of carbonyl (C=O) groups excluding carboxylic acids is 2. The van der Waals surface area contributed by atoms with Crippen molar-refractivity contribution in [2.45, 2.75) is 13.0 Å². The molecule has 2 rings (SSSR count). The van der Waals surface area contributed by atoms with Crippen LogP contribution in [0.4, 0.5) is 0 Å². The molecular formula is C10H12ClN3O3. The minimum Gasteiger partial charge on any atom is -0.464 e. The van der Waals surface area contributed by atoms with Gasteiger partial charge in [-0.05, 0) is 6.42 Å². The van der Waals surface area contributed by atoms with E-state index < -0.39 is 5.97 Å². The molecule has 0 saturated carbocycles. The summed E-state index contributed by atoms with van der Waals surface area (Å²) in [5, 5.41) is 6.68. The second-order valence-electron chi connectivity index (χ2n) is 3.72. The summed E-state index contributed by atoms with van der Waals surface area (Å²) in [5.41, 5.74) is 1.91. The molecule has 0 aliphatic carbocycles. The minimum atomic E-state index is -0.459. The Kier molecular flexibility index (Phi) is 3.33. The number of H-pyrrole nitrogens is 1. The van der Waals surface area contributed by atoms with Gasteiger partial charge in [0, 0.05) is 12.1 Å². The van der Waals surface area contributed by atoms with Crippen molar-refractivity contribution in [3.8, 4) is 0 Å². The van der Waals surface area contributed by atoms with Crippen LogP contribution in [0.25, 0.3) is 0 Å². The van der Waals surface area contributed by atoms with Crippen molar-refractivity contribution in [3.63, 3.8) is 0 Å². The van der Waals surface area contributed by atoms with Gasteiger partial charge >= 0.3 is 5.97 Å². The van der Waals surface area contributed by atoms with Crippen LogP contribution in [0, 0.1) is 0 Å². The van der Waals surface area contributed by atoms with Crippen molar-refractivity contribution in [2.75, 3.05) is 19.5 Å². The number of nitrogens with one attached hydrogen (secondary N) is 1. The number of hydrogen-bond acceptors (Lipinski definition) is 4. The summed E-state index contributed by atoms with van der Waals surface area (Å²) in [5.74, 6) is -0.612. The maximum Gasteiger partial charge on any atom is 0.358 e. The van der Waals surface area contributed by atoms with E-state index in [2.05, 4.69) is 14.9 Å². The number of halogens is 1. The third-order valence-electron chi connectivity index (χ3n) is 2.78. The number of carbonyl (C=O) groups is 2. The van der Waals surface area contributed by atoms with Crippen molar-refractivity contribution in [1.29, 1.82) is 0 Å². The molecule has 17 heavy (non-hydrogen) atoms. The van der Waals surface area contributed by atoms with Crippen molar-refractivity contribution >= 4 is 23.5 Å². The SMILES string of the molecule is COC(=O)c1n[nH]c2c1CCN(C(=O)CCl)C2. The Morgan fingerprint density at radius 1 is 1.59 bits per heavy atom. The zero-order valence-corrected chi connectivity index (χ0v) is 10.1. The largest absolute Gasteiger partial charge is 0.464 e. The number of ether oxygens (including phenoxy) is 1. The Labute approximate surface area is 103 Å². The molecule has 0 aromatic carbocycles. The van der Waals surface area contributed by atoms with Gasteiger partial charge in [-0.3, -0.25) is 9.89 Å². The molecule has 1 aliphatic heterocycles. The second kappa shape index (κ2) is 4.75. The van der Waals surface area contributed by atoms with Crippen LogP contribution in [-0.2, 0) is 22.5 Å². The highest BCUT2D eigenvalue weighted by molar-refractivity contribution is 6.27. The Morgan fingerprint density at radius 2 is 2.35 bits per heavy atom. The zero-order chi connectivity index (χ0) is 12.4. The first-order chi connectivity index (χ1) is 8.17. The molecular weight excluding hydrogens is 246 g/mol. The summed E-state index contributed by atoms with van der Waals surface area (Å²) in [6.45, 7) is 0.951. The number of methoxy groups -OCH3 is 1. The molecule has 0 radical (unpaired) electrons. The number of amides is 1. The van der Waals surface area contributed by atoms with Gasteiger partial charge in [0.1, 0.15) is 5.88 Å². The summed E-state index contributed by atoms with van der Waals surface area (Å²) < 4.78 is 4.63. The van der Waals surface area contributed by atoms with Crippen LogP contribution in [0.15, 0.2) is 0 Å². The van der Waals surface area contributed by atoms with Gasteiger partial charge in [-0.15, -0.1) is 11.6 Å². The van der Waals surface area contributed by atoms with Gasteiger partial charge < -0.3 is 9.64 Å². The molecule has 1 aromatic heterocycles. The molecule has 92 valence electrons. The van der Waals surface area contributed by atoms with Crippen molar-refractivity contribution in [2.24, 2.45) is 0 Å². The smallest absolute Gasteiger partial charge is 0.358 e. The monoisotopic (exact) mass is 257 g/mol. The lowest BCUT2D eigenvalue weighted by Crippen LogP contribution is -2.36. The van der Waals surface area contributed by atoms with Crippen LogP contribution in [0.5, 0.6) is 0 Å². The molecule has 0 atom stereocenters. The molecule has 0 spiro atoms. The van der Waals surface area contributed by atoms with Gasteiger partial charge in [0.15, 0.2) is 5.69 Å². The Bertz CT molecular complexity index is 458. The number of fused-ring (bicyclic) bond motifs is 1. The van der Waals surface area contributed by atoms with Crippen molar-refractivity contribution in [3.05, 3.63) is 17.0 Å². The Balaban J connectivity index is 2.21. The predicted octanol–water partition coefficient (Wildman–Crippen LogP) is 0.320. The highest BCUT2D eigenvalue weighted by Gasteiger charge is 2.27. The van der Waals surface area contributed by atoms with Gasteiger partial charge in [-0.25, -0.2) is 4.79 Å². The molecule has 0 bridgehead atoms. The Hall–Kier alpha value is -1.56. The molecule has 1 aromatic rings. The lowest BCUT2D eigenvalue weighted by molar-refractivity contribution is -0.129. The van der Waals surface area contributed by atoms with Gasteiger partial charge in [-0.2, -0.15) is 5.10 Å². The van der Waals surface area contributed by atoms with Crippen LogP contribution in [0.1, 0.15) is 21.7 Å². The molecule has 0 fully saturated rings. The second-order valence-corrected chi connectivity index (χ2v) is 3.99. The Morgan fingerprint density at radius 3 is 3.00 bits per heavy atom. The molecule has 0 unspecified atom stereocenters. The summed E-state index contributed by atoms with van der Waals surface area (Å²) >= 11 is 5.50. The van der Waals surface area contributed by atoms with E-state index in [4.69, 9.17) is 11.6 Å². The van der Waals surface area contributed by atoms with E-state index in [1.807, 2.05) is 0 Å². The van der Waals surface area contributed by atoms with Crippen LogP contribution >= 0.6 is 11.6 Å². The van der Waals surface area contributed by atoms with E-state index >= 15 is 0 Å². The lowest BCUT2D eigenvalue weighted by atomic mass is 10.0. The summed E-state index contributed by atoms with van der Waals surface area (Å²) in [6.07, 6.45) is 0.582. The van der Waals surface area contributed by atoms with Crippen molar-refractivity contribution in [1.82, 2.24) is 15.1 Å². The standard InChI is InChI=1S/C10H12ClN3O3/c1-17-10(16)9-6-2-3-14(8(15)4-11)5-7(6)12-13-9/h2-5H2,1H3,(H,12,13). The maximum atomic E-state index is 11.4. The molecule has 1 N–H and O–H groups in total. The van der Waals surface area contributed by atoms with Gasteiger partial charge in [0.2, 0.25) is 5.91 Å². The lowest BCUT2D eigenvalue weighted by Gasteiger charge is -2.25. The van der Waals surface area contributed by atoms with E-state index in [-0.39, 0.29) is 11.8 Å². The number of alkyl halides is 1. The average molecular weight is 258 g/mol. The molecule has 0 saturated heterocycles. The fourth-order valence-corrected chi connectivity index (χ4v) is 2.05. The fourth-order valence-electron chi connectivity index (χ4n) is 1.88. The van der Waals surface area contributed by atoms with E-state index in [1.165, 1.54) is 7.11 Å². The quantitative estimate of drug-likeness (QED) is 0.612. The first-order valence-corrected chi connectivity index (χ1v) is 5.69. The third kappa shape index (κ3) is 2.12. The molecule has 6 nitrogen and oxygen atoms in total. The van der Waals surface area contributed by atoms with Crippen molar-refractivity contribution < 1.29 is 14.3 Å². The first-order valence-electron chi connectivity index (χ1n) is 5.15. The molecule has 1 aliphatic rings. The molecule has 2 heterocycles. The fraction of sp³-hybridized carbons (Fsp3) is 0.500. The average Bonchev–Trinajstić information content (AvgIpc) is 2.79. The number of esters is 1. The zero-order valence-electron chi connectivity index (χ0n) is 9.33. The first kappa shape index (κ1) is 11.9. The van der Waals surface area contributed by atoms with E-state index in [0.29, 0.717) is 25.2 Å². The van der Waals surface area contributed by atoms with E-state index in [1.54, 1.807) is 4.90 Å². The maximum absolute atomic E-state index is 11.4. The summed E-state index contributed by atoms with van der Waals surface area (Å²) in [7, 11) is 1.32. The van der Waals surface area contributed by atoms with Crippen LogP contribution in [-0.4, -0.2) is 46.5 Å². The van der Waals surface area contributed by atoms with Gasteiger partial charge in [-0.1, -0.05) is 0 Å². The van der Waals surface area contributed by atoms with Crippen LogP contribution in [0.3, 0.4) is 0 Å². The minimum absolute atomic E-state index is 0.0344. The normalized spacial score (nSPS) is 14.4. The highest BCUT2D eigenvalue weighted by atomic mass is 35.5. The summed E-state index contributed by atoms with van der Waals surface area (Å²) in [4.78, 5) is 24.5. The van der Waals surface area contributed by atoms with Crippen LogP contribution < -0.4 is 0 Å². The summed E-state index contributed by atoms with van der Waals surface area (Å²) in [6, 6.07) is 0. The number of aromatic amines is 1. The number of aromatic nitrogens is 2.